The van der Waals surface area contributed by atoms with Gasteiger partial charge in [0.05, 0.1) is 0 Å². The summed E-state index contributed by atoms with van der Waals surface area (Å²) in [4.78, 5) is 3.54. The van der Waals surface area contributed by atoms with Gasteiger partial charge < -0.3 is 4.98 Å². The van der Waals surface area contributed by atoms with Crippen LogP contribution in [0.4, 0.5) is 0 Å². The Kier molecular flexibility index (Phi) is 3.76. The predicted octanol–water partition coefficient (Wildman–Crippen LogP) is 9.21. The lowest BCUT2D eigenvalue weighted by atomic mass is 9.92. The van der Waals surface area contributed by atoms with Gasteiger partial charge in [-0.25, -0.2) is 0 Å². The molecule has 1 N–H and O–H groups in total. The lowest BCUT2D eigenvalue weighted by Gasteiger charge is -2.12. The minimum Gasteiger partial charge on any atom is -0.354 e. The molecule has 0 spiro atoms. The smallest absolute Gasteiger partial charge is 0.0476 e. The molecule has 0 atom stereocenters. The molecule has 0 bridgehead atoms. The minimum absolute atomic E-state index is 1.12. The zero-order valence-electron chi connectivity index (χ0n) is 17.2. The van der Waals surface area contributed by atoms with Crippen molar-refractivity contribution in [3.8, 4) is 11.1 Å². The normalized spacial score (nSPS) is 11.9. The highest BCUT2D eigenvalue weighted by atomic mass is 79.9. The summed E-state index contributed by atoms with van der Waals surface area (Å²) < 4.78 is 1.12. The van der Waals surface area contributed by atoms with Crippen LogP contribution in [0.1, 0.15) is 0 Å². The van der Waals surface area contributed by atoms with Crippen LogP contribution in [0.3, 0.4) is 0 Å². The third-order valence-electron chi connectivity index (χ3n) is 6.65. The first-order valence-corrected chi connectivity index (χ1v) is 11.6. The fourth-order valence-electron chi connectivity index (χ4n) is 5.17. The first-order valence-electron chi connectivity index (χ1n) is 10.8. The number of hydrogen-bond donors (Lipinski definition) is 1. The highest BCUT2D eigenvalue weighted by Crippen LogP contribution is 2.38. The van der Waals surface area contributed by atoms with Crippen molar-refractivity contribution in [2.24, 2.45) is 0 Å². The van der Waals surface area contributed by atoms with Gasteiger partial charge in [-0.15, -0.1) is 0 Å². The molecule has 0 radical (unpaired) electrons. The van der Waals surface area contributed by atoms with Gasteiger partial charge in [-0.1, -0.05) is 88.7 Å². The molecule has 0 aliphatic carbocycles. The summed E-state index contributed by atoms with van der Waals surface area (Å²) in [6, 6.07) is 37.4. The van der Waals surface area contributed by atoms with E-state index in [-0.39, 0.29) is 0 Å². The Bertz CT molecular complexity index is 1810. The van der Waals surface area contributed by atoms with E-state index in [1.807, 2.05) is 0 Å². The van der Waals surface area contributed by atoms with Crippen LogP contribution in [0.25, 0.3) is 65.3 Å². The minimum atomic E-state index is 1.12. The molecule has 0 saturated heterocycles. The third kappa shape index (κ3) is 2.50. The van der Waals surface area contributed by atoms with E-state index in [1.54, 1.807) is 0 Å². The van der Waals surface area contributed by atoms with Crippen LogP contribution in [0, 0.1) is 0 Å². The summed E-state index contributed by atoms with van der Waals surface area (Å²) in [5.41, 5.74) is 4.78. The molecule has 0 saturated carbocycles. The van der Waals surface area contributed by atoms with Gasteiger partial charge in [0.25, 0.3) is 0 Å². The Balaban J connectivity index is 1.54. The van der Waals surface area contributed by atoms with Gasteiger partial charge in [0.15, 0.2) is 0 Å². The third-order valence-corrected chi connectivity index (χ3v) is 7.31. The van der Waals surface area contributed by atoms with E-state index in [4.69, 9.17) is 0 Å². The van der Waals surface area contributed by atoms with E-state index in [0.29, 0.717) is 0 Å². The summed E-state index contributed by atoms with van der Waals surface area (Å²) in [7, 11) is 0. The van der Waals surface area contributed by atoms with Crippen molar-refractivity contribution >= 4 is 70.1 Å². The molecule has 7 aromatic rings. The van der Waals surface area contributed by atoms with Crippen molar-refractivity contribution in [1.29, 1.82) is 0 Å². The molecular weight excluding hydrogens is 454 g/mol. The van der Waals surface area contributed by atoms with Crippen LogP contribution in [-0.2, 0) is 0 Å². The quantitative estimate of drug-likeness (QED) is 0.229. The van der Waals surface area contributed by atoms with Gasteiger partial charge in [0.1, 0.15) is 0 Å². The van der Waals surface area contributed by atoms with Crippen molar-refractivity contribution in [1.82, 2.24) is 4.98 Å². The average molecular weight is 472 g/mol. The number of hydrogen-bond acceptors (Lipinski definition) is 0. The zero-order chi connectivity index (χ0) is 21.2. The molecule has 6 aromatic carbocycles. The molecule has 1 nitrogen and oxygen atoms in total. The molecule has 150 valence electrons. The van der Waals surface area contributed by atoms with Crippen molar-refractivity contribution in [3.05, 3.63) is 108 Å². The van der Waals surface area contributed by atoms with E-state index < -0.39 is 0 Å². The van der Waals surface area contributed by atoms with Crippen molar-refractivity contribution < 1.29 is 0 Å². The number of aromatic amines is 1. The summed E-state index contributed by atoms with van der Waals surface area (Å²) in [6.45, 7) is 0. The van der Waals surface area contributed by atoms with Crippen LogP contribution in [0.15, 0.2) is 108 Å². The molecule has 0 aliphatic heterocycles. The number of fused-ring (bicyclic) bond motifs is 9. The van der Waals surface area contributed by atoms with Gasteiger partial charge >= 0.3 is 0 Å². The second kappa shape index (κ2) is 6.69. The highest BCUT2D eigenvalue weighted by Gasteiger charge is 2.12. The number of H-pyrrole nitrogens is 1. The fourth-order valence-corrected chi connectivity index (χ4v) is 5.75. The van der Waals surface area contributed by atoms with Gasteiger partial charge in [-0.05, 0) is 73.8 Å². The van der Waals surface area contributed by atoms with Crippen LogP contribution >= 0.6 is 15.9 Å². The second-order valence-electron chi connectivity index (χ2n) is 8.40. The van der Waals surface area contributed by atoms with Crippen LogP contribution in [-0.4, -0.2) is 4.98 Å². The summed E-state index contributed by atoms with van der Waals surface area (Å²) in [5, 5.41) is 10.3. The molecule has 0 unspecified atom stereocenters. The Morgan fingerprint density at radius 2 is 1.00 bits per heavy atom. The summed E-state index contributed by atoms with van der Waals surface area (Å²) in [5.74, 6) is 0. The summed E-state index contributed by atoms with van der Waals surface area (Å²) in [6.07, 6.45) is 0. The number of nitrogens with one attached hydrogen (secondary N) is 1. The standard InChI is InChI=1S/C30H18BrN/c31-27-10-5-11-29-30(27)26-17-19(13-15-28(26)32-29)18-12-14-24-22-8-2-1-6-20(22)21-7-3-4-9-23(21)25(24)16-18/h1-17,32H. The Morgan fingerprint density at radius 3 is 1.69 bits per heavy atom. The Hall–Kier alpha value is -3.62. The molecule has 2 heteroatoms. The predicted molar refractivity (Wildman–Crippen MR) is 141 cm³/mol. The molecular formula is C30H18BrN. The van der Waals surface area contributed by atoms with Gasteiger partial charge in [0.2, 0.25) is 0 Å². The van der Waals surface area contributed by atoms with Crippen LogP contribution in [0.5, 0.6) is 0 Å². The van der Waals surface area contributed by atoms with E-state index in [2.05, 4.69) is 124 Å². The molecule has 7 rings (SSSR count). The molecule has 1 heterocycles. The lowest BCUT2D eigenvalue weighted by molar-refractivity contribution is 1.54. The lowest BCUT2D eigenvalue weighted by Crippen LogP contribution is -1.85. The first-order chi connectivity index (χ1) is 15.8. The Morgan fingerprint density at radius 1 is 0.438 bits per heavy atom. The SMILES string of the molecule is Brc1cccc2[nH]c3ccc(-c4ccc5c6ccccc6c6ccccc6c5c4)cc3c12. The van der Waals surface area contributed by atoms with E-state index >= 15 is 0 Å². The first kappa shape index (κ1) is 18.0. The molecule has 0 amide bonds. The van der Waals surface area contributed by atoms with Crippen molar-refractivity contribution in [2.45, 2.75) is 0 Å². The molecule has 1 aromatic heterocycles. The van der Waals surface area contributed by atoms with Crippen molar-refractivity contribution in [2.75, 3.05) is 0 Å². The molecule has 0 aliphatic rings. The number of aromatic nitrogens is 1. The summed E-state index contributed by atoms with van der Waals surface area (Å²) >= 11 is 3.74. The van der Waals surface area contributed by atoms with Crippen LogP contribution < -0.4 is 0 Å². The highest BCUT2D eigenvalue weighted by molar-refractivity contribution is 9.10. The Labute approximate surface area is 193 Å². The van der Waals surface area contributed by atoms with Crippen LogP contribution in [0.2, 0.25) is 0 Å². The maximum atomic E-state index is 3.74. The number of rotatable bonds is 1. The van der Waals surface area contributed by atoms with E-state index in [9.17, 15) is 0 Å². The average Bonchev–Trinajstić information content (AvgIpc) is 3.23. The molecule has 32 heavy (non-hydrogen) atoms. The van der Waals surface area contributed by atoms with Gasteiger partial charge in [-0.3, -0.25) is 0 Å². The molecule has 0 fully saturated rings. The monoisotopic (exact) mass is 471 g/mol. The topological polar surface area (TPSA) is 15.8 Å². The fraction of sp³-hybridized carbons (Fsp3) is 0. The second-order valence-corrected chi connectivity index (χ2v) is 9.25. The van der Waals surface area contributed by atoms with Gasteiger partial charge in [-0.2, -0.15) is 0 Å². The van der Waals surface area contributed by atoms with Crippen molar-refractivity contribution in [3.63, 3.8) is 0 Å². The maximum absolute atomic E-state index is 3.74. The number of benzene rings is 6. The zero-order valence-corrected chi connectivity index (χ0v) is 18.8. The maximum Gasteiger partial charge on any atom is 0.0476 e. The largest absolute Gasteiger partial charge is 0.354 e. The van der Waals surface area contributed by atoms with Gasteiger partial charge in [0, 0.05) is 26.3 Å². The van der Waals surface area contributed by atoms with E-state index in [0.717, 1.165) is 15.5 Å². The van der Waals surface area contributed by atoms with E-state index in [1.165, 1.54) is 54.2 Å². The number of halogens is 1.